The first-order valence-corrected chi connectivity index (χ1v) is 22.7. The van der Waals surface area contributed by atoms with Crippen molar-refractivity contribution in [2.75, 3.05) is 0 Å². The van der Waals surface area contributed by atoms with E-state index in [2.05, 4.69) is 264 Å². The molecule has 11 aromatic carbocycles. The van der Waals surface area contributed by atoms with Crippen LogP contribution in [-0.2, 0) is 0 Å². The summed E-state index contributed by atoms with van der Waals surface area (Å²) in [4.78, 5) is 0. The summed E-state index contributed by atoms with van der Waals surface area (Å²) in [7, 11) is 0. The van der Waals surface area contributed by atoms with E-state index in [4.69, 9.17) is 0 Å². The van der Waals surface area contributed by atoms with Crippen LogP contribution in [0.15, 0.2) is 255 Å². The monoisotopic (exact) mass is 838 g/mol. The van der Waals surface area contributed by atoms with Gasteiger partial charge in [0.05, 0.1) is 22.1 Å². The zero-order valence-corrected chi connectivity index (χ0v) is 36.1. The Balaban J connectivity index is 0.934. The van der Waals surface area contributed by atoms with Gasteiger partial charge in [0, 0.05) is 38.5 Å². The summed E-state index contributed by atoms with van der Waals surface area (Å²) in [6.45, 7) is 0. The number of hydrogen-bond donors (Lipinski definition) is 0. The number of nitrogens with zero attached hydrogens (tertiary/aromatic N) is 2. The van der Waals surface area contributed by atoms with E-state index in [0.29, 0.717) is 0 Å². The molecule has 2 aromatic heterocycles. The van der Waals surface area contributed by atoms with E-state index in [0.717, 1.165) is 11.4 Å². The predicted octanol–water partition coefficient (Wildman–Crippen LogP) is 17.4. The zero-order valence-electron chi connectivity index (χ0n) is 36.1. The molecule has 2 nitrogen and oxygen atoms in total. The van der Waals surface area contributed by atoms with Gasteiger partial charge in [-0.15, -0.1) is 0 Å². The second-order valence-electron chi connectivity index (χ2n) is 17.3. The number of para-hydroxylation sites is 2. The Morgan fingerprint density at radius 2 is 0.682 bits per heavy atom. The van der Waals surface area contributed by atoms with Crippen LogP contribution in [0.5, 0.6) is 0 Å². The van der Waals surface area contributed by atoms with Crippen molar-refractivity contribution in [2.24, 2.45) is 0 Å². The minimum Gasteiger partial charge on any atom is -0.309 e. The largest absolute Gasteiger partial charge is 0.309 e. The standard InChI is InChI=1S/C64H42N2/c1-3-13-43(14-4-1)46-25-27-47(28-26-46)48-31-35-54(36-32-48)65-61-24-10-9-21-57(61)59-41-51(33-37-62(59)65)52-34-38-63-60(42-52)58-23-12-22-56(53-30-29-45-17-7-8-18-49(45)39-53)64(58)66(63)55-20-11-19-50(40-55)44-15-5-2-6-16-44/h1-42H. The lowest BCUT2D eigenvalue weighted by Gasteiger charge is -2.14. The molecule has 308 valence electrons. The molecule has 0 aliphatic heterocycles. The maximum absolute atomic E-state index is 2.48. The highest BCUT2D eigenvalue weighted by Crippen LogP contribution is 2.42. The van der Waals surface area contributed by atoms with Crippen LogP contribution in [0.2, 0.25) is 0 Å². The van der Waals surface area contributed by atoms with Gasteiger partial charge in [-0.25, -0.2) is 0 Å². The van der Waals surface area contributed by atoms with Crippen molar-refractivity contribution in [1.29, 1.82) is 0 Å². The summed E-state index contributed by atoms with van der Waals surface area (Å²) < 4.78 is 4.89. The molecule has 0 unspecified atom stereocenters. The topological polar surface area (TPSA) is 9.86 Å². The minimum atomic E-state index is 1.14. The average molecular weight is 839 g/mol. The van der Waals surface area contributed by atoms with Crippen LogP contribution in [-0.4, -0.2) is 9.13 Å². The second kappa shape index (κ2) is 15.5. The van der Waals surface area contributed by atoms with Gasteiger partial charge in [-0.3, -0.25) is 0 Å². The first-order chi connectivity index (χ1) is 32.7. The quantitative estimate of drug-likeness (QED) is 0.151. The Kier molecular flexibility index (Phi) is 8.89. The number of fused-ring (bicyclic) bond motifs is 7. The van der Waals surface area contributed by atoms with Crippen molar-refractivity contribution >= 4 is 54.4 Å². The average Bonchev–Trinajstić information content (AvgIpc) is 3.91. The molecule has 0 N–H and O–H groups in total. The first-order valence-electron chi connectivity index (χ1n) is 22.7. The van der Waals surface area contributed by atoms with Crippen molar-refractivity contribution in [3.05, 3.63) is 255 Å². The van der Waals surface area contributed by atoms with E-state index < -0.39 is 0 Å². The Bertz CT molecular complexity index is 3950. The fourth-order valence-corrected chi connectivity index (χ4v) is 10.3. The van der Waals surface area contributed by atoms with Crippen molar-refractivity contribution < 1.29 is 0 Å². The highest BCUT2D eigenvalue weighted by atomic mass is 15.0. The second-order valence-corrected chi connectivity index (χ2v) is 17.3. The van der Waals surface area contributed by atoms with E-state index in [-0.39, 0.29) is 0 Å². The summed E-state index contributed by atoms with van der Waals surface area (Å²) >= 11 is 0. The van der Waals surface area contributed by atoms with E-state index in [1.54, 1.807) is 0 Å². The number of benzene rings is 11. The highest BCUT2D eigenvalue weighted by molar-refractivity contribution is 6.16. The Hall–Kier alpha value is -8.72. The third-order valence-electron chi connectivity index (χ3n) is 13.5. The van der Waals surface area contributed by atoms with Crippen LogP contribution < -0.4 is 0 Å². The molecule has 2 heteroatoms. The molecule has 66 heavy (non-hydrogen) atoms. The molecule has 0 spiro atoms. The van der Waals surface area contributed by atoms with Gasteiger partial charge in [0.25, 0.3) is 0 Å². The zero-order chi connectivity index (χ0) is 43.6. The fourth-order valence-electron chi connectivity index (χ4n) is 10.3. The lowest BCUT2D eigenvalue weighted by molar-refractivity contribution is 1.18. The molecule has 0 fully saturated rings. The van der Waals surface area contributed by atoms with Crippen molar-refractivity contribution in [3.63, 3.8) is 0 Å². The molecule has 0 bridgehead atoms. The van der Waals surface area contributed by atoms with Crippen molar-refractivity contribution in [3.8, 4) is 67.0 Å². The van der Waals surface area contributed by atoms with Gasteiger partial charge in [-0.2, -0.15) is 0 Å². The SMILES string of the molecule is c1ccc(-c2ccc(-c3ccc(-n4c5ccccc5c5cc(-c6ccc7c(c6)c6cccc(-c8ccc9ccccc9c8)c6n7-c6cccc(-c7ccccc7)c6)ccc54)cc3)cc2)cc1. The van der Waals surface area contributed by atoms with Crippen LogP contribution in [0.1, 0.15) is 0 Å². The van der Waals surface area contributed by atoms with Crippen molar-refractivity contribution in [1.82, 2.24) is 9.13 Å². The summed E-state index contributed by atoms with van der Waals surface area (Å²) in [5, 5.41) is 7.42. The third kappa shape index (κ3) is 6.34. The Morgan fingerprint density at radius 3 is 1.39 bits per heavy atom. The van der Waals surface area contributed by atoms with Crippen LogP contribution in [0.3, 0.4) is 0 Å². The molecule has 0 amide bonds. The van der Waals surface area contributed by atoms with Gasteiger partial charge in [0.15, 0.2) is 0 Å². The molecule has 2 heterocycles. The molecule has 0 saturated carbocycles. The van der Waals surface area contributed by atoms with Crippen LogP contribution in [0, 0.1) is 0 Å². The molecule has 0 atom stereocenters. The number of rotatable bonds is 7. The minimum absolute atomic E-state index is 1.14. The maximum Gasteiger partial charge on any atom is 0.0619 e. The molecule has 13 aromatic rings. The van der Waals surface area contributed by atoms with Crippen LogP contribution in [0.4, 0.5) is 0 Å². The van der Waals surface area contributed by atoms with Gasteiger partial charge in [-0.05, 0) is 122 Å². The molecule has 0 aliphatic rings. The number of aromatic nitrogens is 2. The van der Waals surface area contributed by atoms with Gasteiger partial charge in [-0.1, -0.05) is 194 Å². The van der Waals surface area contributed by atoms with Crippen LogP contribution in [0.25, 0.3) is 121 Å². The fraction of sp³-hybridized carbons (Fsp3) is 0. The first kappa shape index (κ1) is 37.8. The Morgan fingerprint density at radius 1 is 0.212 bits per heavy atom. The summed E-state index contributed by atoms with van der Waals surface area (Å²) in [5.74, 6) is 0. The summed E-state index contributed by atoms with van der Waals surface area (Å²) in [6, 6.07) is 93.2. The molecular formula is C64H42N2. The van der Waals surface area contributed by atoms with Gasteiger partial charge >= 0.3 is 0 Å². The highest BCUT2D eigenvalue weighted by Gasteiger charge is 2.19. The predicted molar refractivity (Wildman–Crippen MR) is 280 cm³/mol. The maximum atomic E-state index is 2.48. The third-order valence-corrected chi connectivity index (χ3v) is 13.5. The molecule has 0 saturated heterocycles. The molecule has 0 aliphatic carbocycles. The molecule has 0 radical (unpaired) electrons. The van der Waals surface area contributed by atoms with Crippen LogP contribution >= 0.6 is 0 Å². The lowest BCUT2D eigenvalue weighted by Crippen LogP contribution is -1.96. The normalized spacial score (nSPS) is 11.6. The molecule has 13 rings (SSSR count). The van der Waals surface area contributed by atoms with E-state index in [9.17, 15) is 0 Å². The van der Waals surface area contributed by atoms with Gasteiger partial charge < -0.3 is 9.13 Å². The Labute approximate surface area is 383 Å². The molecular weight excluding hydrogens is 797 g/mol. The summed E-state index contributed by atoms with van der Waals surface area (Å²) in [6.07, 6.45) is 0. The van der Waals surface area contributed by atoms with E-state index in [1.807, 2.05) is 0 Å². The van der Waals surface area contributed by atoms with Gasteiger partial charge in [0.2, 0.25) is 0 Å². The number of hydrogen-bond acceptors (Lipinski definition) is 0. The smallest absolute Gasteiger partial charge is 0.0619 e. The van der Waals surface area contributed by atoms with Crippen molar-refractivity contribution in [2.45, 2.75) is 0 Å². The van der Waals surface area contributed by atoms with E-state index >= 15 is 0 Å². The van der Waals surface area contributed by atoms with Gasteiger partial charge in [0.1, 0.15) is 0 Å². The summed E-state index contributed by atoms with van der Waals surface area (Å²) in [5.41, 5.74) is 19.1. The lowest BCUT2D eigenvalue weighted by atomic mass is 9.98. The van der Waals surface area contributed by atoms with E-state index in [1.165, 1.54) is 110 Å².